The van der Waals surface area contributed by atoms with E-state index in [4.69, 9.17) is 26.1 Å². The standard InChI is InChI=1S/C22H20ClN3O2/c1-26(20-7-4-10-28-20)22-18(13-24)21(14-5-3-6-15(23)11-14)17-12-16(27-2)8-9-19(17)25-22/h3,5-6,8-9,11-12,20H,4,7,10H2,1-2H3. The van der Waals surface area contributed by atoms with Crippen LogP contribution in [0.3, 0.4) is 0 Å². The largest absolute Gasteiger partial charge is 0.497 e. The molecule has 5 nitrogen and oxygen atoms in total. The number of hydrogen-bond acceptors (Lipinski definition) is 5. The number of halogens is 1. The molecule has 1 aliphatic heterocycles. The zero-order valence-corrected chi connectivity index (χ0v) is 16.5. The van der Waals surface area contributed by atoms with Gasteiger partial charge in [-0.1, -0.05) is 23.7 Å². The summed E-state index contributed by atoms with van der Waals surface area (Å²) in [6.07, 6.45) is 1.83. The maximum atomic E-state index is 10.1. The molecule has 1 atom stereocenters. The van der Waals surface area contributed by atoms with Crippen LogP contribution < -0.4 is 9.64 Å². The lowest BCUT2D eigenvalue weighted by Crippen LogP contribution is -2.32. The molecular formula is C22H20ClN3O2. The summed E-state index contributed by atoms with van der Waals surface area (Å²) in [5, 5.41) is 11.5. The predicted molar refractivity (Wildman–Crippen MR) is 111 cm³/mol. The van der Waals surface area contributed by atoms with Crippen molar-refractivity contribution in [1.29, 1.82) is 5.26 Å². The summed E-state index contributed by atoms with van der Waals surface area (Å²) in [5.41, 5.74) is 2.95. The fourth-order valence-electron chi connectivity index (χ4n) is 3.66. The summed E-state index contributed by atoms with van der Waals surface area (Å²) < 4.78 is 11.2. The quantitative estimate of drug-likeness (QED) is 0.623. The van der Waals surface area contributed by atoms with Crippen LogP contribution in [0.15, 0.2) is 42.5 Å². The second-order valence-corrected chi connectivity index (χ2v) is 7.21. The van der Waals surface area contributed by atoms with Crippen LogP contribution in [0, 0.1) is 11.3 Å². The average Bonchev–Trinajstić information content (AvgIpc) is 3.26. The van der Waals surface area contributed by atoms with Crippen molar-refractivity contribution in [2.75, 3.05) is 25.7 Å². The maximum Gasteiger partial charge on any atom is 0.149 e. The third kappa shape index (κ3) is 3.26. The highest BCUT2D eigenvalue weighted by Gasteiger charge is 2.26. The van der Waals surface area contributed by atoms with Gasteiger partial charge in [-0.05, 0) is 48.7 Å². The Morgan fingerprint density at radius 2 is 2.14 bits per heavy atom. The molecule has 1 saturated heterocycles. The van der Waals surface area contributed by atoms with E-state index >= 15 is 0 Å². The third-order valence-corrected chi connectivity index (χ3v) is 5.30. The Morgan fingerprint density at radius 1 is 1.29 bits per heavy atom. The van der Waals surface area contributed by atoms with Crippen LogP contribution in [-0.2, 0) is 4.74 Å². The topological polar surface area (TPSA) is 58.4 Å². The lowest BCUT2D eigenvalue weighted by atomic mass is 9.95. The van der Waals surface area contributed by atoms with Gasteiger partial charge in [0.25, 0.3) is 0 Å². The fourth-order valence-corrected chi connectivity index (χ4v) is 3.85. The number of hydrogen-bond donors (Lipinski definition) is 0. The first-order valence-electron chi connectivity index (χ1n) is 9.14. The number of nitrogens with zero attached hydrogens (tertiary/aromatic N) is 3. The smallest absolute Gasteiger partial charge is 0.149 e. The van der Waals surface area contributed by atoms with E-state index in [0.29, 0.717) is 22.2 Å². The van der Waals surface area contributed by atoms with Crippen molar-refractivity contribution in [1.82, 2.24) is 4.98 Å². The molecule has 0 bridgehead atoms. The predicted octanol–water partition coefficient (Wildman–Crippen LogP) is 5.01. The average molecular weight is 394 g/mol. The molecule has 0 aliphatic carbocycles. The first-order chi connectivity index (χ1) is 13.6. The highest BCUT2D eigenvalue weighted by molar-refractivity contribution is 6.31. The van der Waals surface area contributed by atoms with Crippen molar-refractivity contribution in [2.24, 2.45) is 0 Å². The van der Waals surface area contributed by atoms with E-state index in [-0.39, 0.29) is 6.23 Å². The molecule has 0 N–H and O–H groups in total. The number of aromatic nitrogens is 1. The Hall–Kier alpha value is -2.81. The van der Waals surface area contributed by atoms with E-state index in [9.17, 15) is 5.26 Å². The Kier molecular flexibility index (Phi) is 5.08. The number of methoxy groups -OCH3 is 1. The summed E-state index contributed by atoms with van der Waals surface area (Å²) in [4.78, 5) is 6.77. The summed E-state index contributed by atoms with van der Waals surface area (Å²) in [6.45, 7) is 0.725. The van der Waals surface area contributed by atoms with Gasteiger partial charge < -0.3 is 14.4 Å². The Balaban J connectivity index is 2.03. The second-order valence-electron chi connectivity index (χ2n) is 6.77. The summed E-state index contributed by atoms with van der Waals surface area (Å²) in [5.74, 6) is 1.32. The van der Waals surface area contributed by atoms with Gasteiger partial charge >= 0.3 is 0 Å². The van der Waals surface area contributed by atoms with Crippen molar-refractivity contribution in [3.63, 3.8) is 0 Å². The molecule has 0 amide bonds. The lowest BCUT2D eigenvalue weighted by Gasteiger charge is -2.27. The minimum absolute atomic E-state index is 0.0810. The van der Waals surface area contributed by atoms with Gasteiger partial charge in [0.15, 0.2) is 0 Å². The van der Waals surface area contributed by atoms with Gasteiger partial charge in [-0.15, -0.1) is 0 Å². The molecule has 142 valence electrons. The van der Waals surface area contributed by atoms with Gasteiger partial charge in [-0.3, -0.25) is 0 Å². The molecular weight excluding hydrogens is 374 g/mol. The summed E-state index contributed by atoms with van der Waals surface area (Å²) >= 11 is 6.25. The third-order valence-electron chi connectivity index (χ3n) is 5.07. The number of benzene rings is 2. The summed E-state index contributed by atoms with van der Waals surface area (Å²) in [6, 6.07) is 15.6. The first-order valence-corrected chi connectivity index (χ1v) is 9.52. The van der Waals surface area contributed by atoms with Crippen LogP contribution in [0.25, 0.3) is 22.0 Å². The van der Waals surface area contributed by atoms with Crippen molar-refractivity contribution in [2.45, 2.75) is 19.1 Å². The Labute approximate surface area is 169 Å². The monoisotopic (exact) mass is 393 g/mol. The highest BCUT2D eigenvalue weighted by Crippen LogP contribution is 2.39. The molecule has 0 radical (unpaired) electrons. The number of fused-ring (bicyclic) bond motifs is 1. The molecule has 2 heterocycles. The molecule has 0 spiro atoms. The summed E-state index contributed by atoms with van der Waals surface area (Å²) in [7, 11) is 3.55. The van der Waals surface area contributed by atoms with Gasteiger partial charge in [0.2, 0.25) is 0 Å². The molecule has 0 saturated carbocycles. The minimum Gasteiger partial charge on any atom is -0.497 e. The van der Waals surface area contributed by atoms with E-state index in [1.54, 1.807) is 7.11 Å². The molecule has 3 aromatic rings. The van der Waals surface area contributed by atoms with Gasteiger partial charge in [-0.25, -0.2) is 4.98 Å². The highest BCUT2D eigenvalue weighted by atomic mass is 35.5. The zero-order chi connectivity index (χ0) is 19.7. The molecule has 1 fully saturated rings. The number of rotatable bonds is 4. The van der Waals surface area contributed by atoms with Crippen molar-refractivity contribution < 1.29 is 9.47 Å². The number of ether oxygens (including phenoxy) is 2. The van der Waals surface area contributed by atoms with Crippen LogP contribution in [0.5, 0.6) is 5.75 Å². The van der Waals surface area contributed by atoms with Crippen LogP contribution in [-0.4, -0.2) is 32.0 Å². The van der Waals surface area contributed by atoms with E-state index in [0.717, 1.165) is 41.5 Å². The van der Waals surface area contributed by atoms with E-state index < -0.39 is 0 Å². The molecule has 1 aliphatic rings. The van der Waals surface area contributed by atoms with Crippen molar-refractivity contribution in [3.05, 3.63) is 53.1 Å². The number of pyridine rings is 1. The zero-order valence-electron chi connectivity index (χ0n) is 15.8. The van der Waals surface area contributed by atoms with Crippen LogP contribution in [0.1, 0.15) is 18.4 Å². The Morgan fingerprint density at radius 3 is 2.82 bits per heavy atom. The Bertz CT molecular complexity index is 1070. The first kappa shape index (κ1) is 18.5. The van der Waals surface area contributed by atoms with E-state index in [1.165, 1.54) is 0 Å². The van der Waals surface area contributed by atoms with Crippen LogP contribution in [0.2, 0.25) is 5.02 Å². The van der Waals surface area contributed by atoms with Gasteiger partial charge in [0, 0.05) is 29.6 Å². The van der Waals surface area contributed by atoms with Gasteiger partial charge in [0.1, 0.15) is 29.4 Å². The SMILES string of the molecule is COc1ccc2nc(N(C)C3CCCO3)c(C#N)c(-c3cccc(Cl)c3)c2c1. The van der Waals surface area contributed by atoms with Gasteiger partial charge in [0.05, 0.1) is 12.6 Å². The number of anilines is 1. The van der Waals surface area contributed by atoms with E-state index in [2.05, 4.69) is 6.07 Å². The maximum absolute atomic E-state index is 10.1. The van der Waals surface area contributed by atoms with Crippen molar-refractivity contribution >= 4 is 28.3 Å². The molecule has 28 heavy (non-hydrogen) atoms. The van der Waals surface area contributed by atoms with Crippen LogP contribution >= 0.6 is 11.6 Å². The minimum atomic E-state index is -0.0810. The fraction of sp³-hybridized carbons (Fsp3) is 0.273. The molecule has 1 unspecified atom stereocenters. The second kappa shape index (κ2) is 7.67. The van der Waals surface area contributed by atoms with E-state index in [1.807, 2.05) is 54.4 Å². The van der Waals surface area contributed by atoms with Crippen LogP contribution in [0.4, 0.5) is 5.82 Å². The van der Waals surface area contributed by atoms with Gasteiger partial charge in [-0.2, -0.15) is 5.26 Å². The normalized spacial score (nSPS) is 16.1. The molecule has 2 aromatic carbocycles. The lowest BCUT2D eigenvalue weighted by molar-refractivity contribution is 0.111. The van der Waals surface area contributed by atoms with Crippen molar-refractivity contribution in [3.8, 4) is 22.9 Å². The molecule has 1 aromatic heterocycles. The molecule has 4 rings (SSSR count). The molecule has 6 heteroatoms. The number of nitriles is 1.